The molecule has 0 aliphatic rings. The van der Waals surface area contributed by atoms with Gasteiger partial charge in [0.2, 0.25) is 0 Å². The van der Waals surface area contributed by atoms with Gasteiger partial charge < -0.3 is 5.73 Å². The van der Waals surface area contributed by atoms with Crippen molar-refractivity contribution in [3.05, 3.63) is 46.2 Å². The van der Waals surface area contributed by atoms with Gasteiger partial charge in [-0.15, -0.1) is 0 Å². The zero-order chi connectivity index (χ0) is 15.8. The van der Waals surface area contributed by atoms with Crippen LogP contribution in [0.1, 0.15) is 16.7 Å². The van der Waals surface area contributed by atoms with Crippen LogP contribution in [-0.4, -0.2) is 13.4 Å². The summed E-state index contributed by atoms with van der Waals surface area (Å²) in [6.45, 7) is 5.41. The number of nitrogens with one attached hydrogen (secondary N) is 1. The van der Waals surface area contributed by atoms with Crippen molar-refractivity contribution in [1.82, 2.24) is 4.98 Å². The number of aryl methyl sites for hydroxylation is 2. The lowest BCUT2D eigenvalue weighted by molar-refractivity contribution is 0.601. The maximum atomic E-state index is 12.5. The highest BCUT2D eigenvalue weighted by atomic mass is 35.5. The number of pyridine rings is 1. The normalized spacial score (nSPS) is 11.4. The third-order valence-corrected chi connectivity index (χ3v) is 4.96. The Morgan fingerprint density at radius 1 is 1.19 bits per heavy atom. The summed E-state index contributed by atoms with van der Waals surface area (Å²) in [6, 6.07) is 4.69. The number of rotatable bonds is 3. The molecule has 0 aliphatic heterocycles. The Labute approximate surface area is 129 Å². The van der Waals surface area contributed by atoms with E-state index in [1.165, 1.54) is 12.3 Å². The van der Waals surface area contributed by atoms with E-state index in [1.807, 2.05) is 13.8 Å². The zero-order valence-electron chi connectivity index (χ0n) is 11.9. The Morgan fingerprint density at radius 3 is 2.43 bits per heavy atom. The van der Waals surface area contributed by atoms with Gasteiger partial charge in [0.25, 0.3) is 10.0 Å². The number of nitrogen functional groups attached to an aromatic ring is 1. The van der Waals surface area contributed by atoms with Gasteiger partial charge in [-0.05, 0) is 55.7 Å². The van der Waals surface area contributed by atoms with Crippen molar-refractivity contribution in [2.75, 3.05) is 10.5 Å². The number of aromatic nitrogens is 1. The van der Waals surface area contributed by atoms with Crippen molar-refractivity contribution >= 4 is 33.0 Å². The standard InChI is InChI=1S/C14H16ClN3O2S/c1-8-4-5-17-14(15)13(8)18-21(19,20)11-6-9(2)10(3)12(16)7-11/h4-7,18H,16H2,1-3H3. The topological polar surface area (TPSA) is 85.1 Å². The molecule has 1 aromatic carbocycles. The number of hydrogen-bond donors (Lipinski definition) is 2. The highest BCUT2D eigenvalue weighted by Gasteiger charge is 2.19. The van der Waals surface area contributed by atoms with E-state index in [2.05, 4.69) is 9.71 Å². The fraction of sp³-hybridized carbons (Fsp3) is 0.214. The molecule has 21 heavy (non-hydrogen) atoms. The third kappa shape index (κ3) is 3.11. The molecule has 0 amide bonds. The molecule has 2 rings (SSSR count). The minimum Gasteiger partial charge on any atom is -0.398 e. The lowest BCUT2D eigenvalue weighted by Crippen LogP contribution is -2.15. The molecule has 3 N–H and O–H groups in total. The van der Waals surface area contributed by atoms with Gasteiger partial charge in [-0.25, -0.2) is 13.4 Å². The first-order valence-corrected chi connectivity index (χ1v) is 8.09. The van der Waals surface area contributed by atoms with Crippen molar-refractivity contribution in [1.29, 1.82) is 0 Å². The van der Waals surface area contributed by atoms with Crippen LogP contribution in [0.15, 0.2) is 29.3 Å². The molecule has 1 heterocycles. The van der Waals surface area contributed by atoms with Gasteiger partial charge >= 0.3 is 0 Å². The average molecular weight is 326 g/mol. The van der Waals surface area contributed by atoms with Crippen LogP contribution in [-0.2, 0) is 10.0 Å². The summed E-state index contributed by atoms with van der Waals surface area (Å²) in [6.07, 6.45) is 1.52. The lowest BCUT2D eigenvalue weighted by atomic mass is 10.1. The molecule has 7 heteroatoms. The zero-order valence-corrected chi connectivity index (χ0v) is 13.5. The number of halogens is 1. The van der Waals surface area contributed by atoms with Crippen LogP contribution in [0.4, 0.5) is 11.4 Å². The molecule has 0 atom stereocenters. The predicted octanol–water partition coefficient (Wildman–Crippen LogP) is 3.04. The highest BCUT2D eigenvalue weighted by molar-refractivity contribution is 7.92. The van der Waals surface area contributed by atoms with Gasteiger partial charge in [0.1, 0.15) is 0 Å². The largest absolute Gasteiger partial charge is 0.398 e. The van der Waals surface area contributed by atoms with Gasteiger partial charge in [-0.3, -0.25) is 4.72 Å². The summed E-state index contributed by atoms with van der Waals surface area (Å²) in [5, 5.41) is 0.107. The van der Waals surface area contributed by atoms with E-state index in [0.717, 1.165) is 11.1 Å². The van der Waals surface area contributed by atoms with Crippen LogP contribution in [0.5, 0.6) is 0 Å². The van der Waals surface area contributed by atoms with Crippen molar-refractivity contribution in [3.8, 4) is 0 Å². The van der Waals surface area contributed by atoms with Gasteiger partial charge in [-0.2, -0.15) is 0 Å². The number of hydrogen-bond acceptors (Lipinski definition) is 4. The van der Waals surface area contributed by atoms with Crippen LogP contribution in [0.3, 0.4) is 0 Å². The Balaban J connectivity index is 2.49. The Kier molecular flexibility index (Phi) is 4.11. The van der Waals surface area contributed by atoms with Crippen molar-refractivity contribution < 1.29 is 8.42 Å². The fourth-order valence-corrected chi connectivity index (χ4v) is 3.42. The van der Waals surface area contributed by atoms with E-state index in [1.54, 1.807) is 19.1 Å². The minimum absolute atomic E-state index is 0.0995. The van der Waals surface area contributed by atoms with Crippen LogP contribution in [0.25, 0.3) is 0 Å². The number of nitrogens with zero attached hydrogens (tertiary/aromatic N) is 1. The monoisotopic (exact) mass is 325 g/mol. The molecule has 0 radical (unpaired) electrons. The third-order valence-electron chi connectivity index (χ3n) is 3.34. The Hall–Kier alpha value is -1.79. The fourth-order valence-electron chi connectivity index (χ4n) is 1.85. The molecule has 0 fully saturated rings. The molecule has 5 nitrogen and oxygen atoms in total. The molecule has 0 saturated carbocycles. The van der Waals surface area contributed by atoms with E-state index in [9.17, 15) is 8.42 Å². The maximum Gasteiger partial charge on any atom is 0.262 e. The quantitative estimate of drug-likeness (QED) is 0.671. The van der Waals surface area contributed by atoms with E-state index in [0.29, 0.717) is 11.3 Å². The van der Waals surface area contributed by atoms with E-state index in [-0.39, 0.29) is 15.7 Å². The first-order valence-electron chi connectivity index (χ1n) is 6.23. The van der Waals surface area contributed by atoms with Crippen LogP contribution >= 0.6 is 11.6 Å². The Morgan fingerprint density at radius 2 is 1.86 bits per heavy atom. The SMILES string of the molecule is Cc1cc(S(=O)(=O)Nc2c(C)ccnc2Cl)cc(N)c1C. The molecule has 0 unspecified atom stereocenters. The summed E-state index contributed by atoms with van der Waals surface area (Å²) in [7, 11) is -3.77. The maximum absolute atomic E-state index is 12.5. The van der Waals surface area contributed by atoms with Gasteiger partial charge in [0.15, 0.2) is 5.15 Å². The molecule has 112 valence electrons. The average Bonchev–Trinajstić information content (AvgIpc) is 2.40. The first-order chi connectivity index (χ1) is 9.72. The van der Waals surface area contributed by atoms with Crippen molar-refractivity contribution in [2.45, 2.75) is 25.7 Å². The predicted molar refractivity (Wildman–Crippen MR) is 85.1 cm³/mol. The molecule has 0 saturated heterocycles. The summed E-state index contributed by atoms with van der Waals surface area (Å²) in [5.41, 5.74) is 8.91. The number of anilines is 2. The van der Waals surface area contributed by atoms with Crippen LogP contribution < -0.4 is 10.5 Å². The summed E-state index contributed by atoms with van der Waals surface area (Å²) in [4.78, 5) is 3.98. The molecular weight excluding hydrogens is 310 g/mol. The molecule has 0 aliphatic carbocycles. The van der Waals surface area contributed by atoms with Crippen molar-refractivity contribution in [3.63, 3.8) is 0 Å². The van der Waals surface area contributed by atoms with E-state index >= 15 is 0 Å². The number of sulfonamides is 1. The minimum atomic E-state index is -3.77. The summed E-state index contributed by atoms with van der Waals surface area (Å²) < 4.78 is 27.4. The molecule has 0 bridgehead atoms. The second kappa shape index (κ2) is 5.54. The molecule has 2 aromatic rings. The Bertz CT molecular complexity index is 761. The highest BCUT2D eigenvalue weighted by Crippen LogP contribution is 2.28. The van der Waals surface area contributed by atoms with Crippen LogP contribution in [0, 0.1) is 20.8 Å². The van der Waals surface area contributed by atoms with Crippen molar-refractivity contribution in [2.24, 2.45) is 0 Å². The van der Waals surface area contributed by atoms with E-state index < -0.39 is 10.0 Å². The number of benzene rings is 1. The second-order valence-electron chi connectivity index (χ2n) is 4.85. The smallest absolute Gasteiger partial charge is 0.262 e. The lowest BCUT2D eigenvalue weighted by Gasteiger charge is -2.13. The summed E-state index contributed by atoms with van der Waals surface area (Å²) >= 11 is 5.95. The first kappa shape index (κ1) is 15.6. The molecular formula is C14H16ClN3O2S. The van der Waals surface area contributed by atoms with Crippen LogP contribution in [0.2, 0.25) is 5.15 Å². The second-order valence-corrected chi connectivity index (χ2v) is 6.89. The van der Waals surface area contributed by atoms with Gasteiger partial charge in [-0.1, -0.05) is 11.6 Å². The van der Waals surface area contributed by atoms with Gasteiger partial charge in [0.05, 0.1) is 10.6 Å². The van der Waals surface area contributed by atoms with E-state index in [4.69, 9.17) is 17.3 Å². The number of nitrogens with two attached hydrogens (primary N) is 1. The molecule has 0 spiro atoms. The summed E-state index contributed by atoms with van der Waals surface area (Å²) in [5.74, 6) is 0. The van der Waals surface area contributed by atoms with Gasteiger partial charge in [0, 0.05) is 11.9 Å². The molecule has 1 aromatic heterocycles.